The molecule has 2 aromatic rings. The first-order chi connectivity index (χ1) is 14.0. The van der Waals surface area contributed by atoms with E-state index in [4.69, 9.17) is 4.84 Å². The Labute approximate surface area is 172 Å². The molecule has 1 unspecified atom stereocenters. The number of benzene rings is 1. The van der Waals surface area contributed by atoms with Gasteiger partial charge in [0.2, 0.25) is 11.0 Å². The van der Waals surface area contributed by atoms with Crippen molar-refractivity contribution in [3.05, 3.63) is 46.2 Å². The minimum absolute atomic E-state index is 0.113. The lowest BCUT2D eigenvalue weighted by molar-refractivity contribution is -0.119. The van der Waals surface area contributed by atoms with Crippen LogP contribution in [0, 0.1) is 12.7 Å². The van der Waals surface area contributed by atoms with Crippen molar-refractivity contribution < 1.29 is 14.0 Å². The van der Waals surface area contributed by atoms with Crippen molar-refractivity contribution in [2.75, 3.05) is 24.5 Å². The molecule has 1 N–H and O–H groups in total. The molecule has 7 nitrogen and oxygen atoms in total. The fourth-order valence-electron chi connectivity index (χ4n) is 3.42. The number of hydrogen-bond donors (Lipinski definition) is 1. The van der Waals surface area contributed by atoms with Crippen LogP contribution in [0.25, 0.3) is 5.57 Å². The monoisotopic (exact) mass is 415 g/mol. The minimum Gasteiger partial charge on any atom is -0.390 e. The highest BCUT2D eigenvalue weighted by Gasteiger charge is 2.24. The smallest absolute Gasteiger partial charge is 0.217 e. The largest absolute Gasteiger partial charge is 0.390 e. The third-order valence-electron chi connectivity index (χ3n) is 4.95. The molecule has 0 saturated carbocycles. The maximum absolute atomic E-state index is 14.8. The second-order valence-electron chi connectivity index (χ2n) is 7.13. The van der Waals surface area contributed by atoms with E-state index in [1.54, 1.807) is 11.3 Å². The molecule has 1 amide bonds. The summed E-state index contributed by atoms with van der Waals surface area (Å²) in [6.45, 7) is 5.26. The van der Waals surface area contributed by atoms with Gasteiger partial charge in [-0.05, 0) is 25.0 Å². The molecule has 2 aliphatic rings. The van der Waals surface area contributed by atoms with Crippen molar-refractivity contribution in [3.8, 4) is 0 Å². The Balaban J connectivity index is 1.42. The lowest BCUT2D eigenvalue weighted by Gasteiger charge is -2.25. The topological polar surface area (TPSA) is 79.7 Å². The van der Waals surface area contributed by atoms with Crippen molar-refractivity contribution in [2.24, 2.45) is 5.16 Å². The molecule has 152 valence electrons. The number of halogens is 1. The molecule has 0 bridgehead atoms. The molecule has 1 aromatic carbocycles. The van der Waals surface area contributed by atoms with Crippen molar-refractivity contribution >= 4 is 33.7 Å². The third kappa shape index (κ3) is 4.45. The Morgan fingerprint density at radius 1 is 1.41 bits per heavy atom. The second-order valence-corrected chi connectivity index (χ2v) is 8.29. The van der Waals surface area contributed by atoms with Gasteiger partial charge in [-0.2, -0.15) is 0 Å². The van der Waals surface area contributed by atoms with E-state index in [0.29, 0.717) is 36.3 Å². The molecule has 0 saturated heterocycles. The molecular weight excluding hydrogens is 393 g/mol. The Morgan fingerprint density at radius 3 is 2.93 bits per heavy atom. The van der Waals surface area contributed by atoms with Gasteiger partial charge in [0.05, 0.1) is 12.3 Å². The zero-order valence-corrected chi connectivity index (χ0v) is 17.1. The molecular formula is C20H22FN5O2S. The van der Waals surface area contributed by atoms with E-state index in [2.05, 4.69) is 31.6 Å². The summed E-state index contributed by atoms with van der Waals surface area (Å²) in [5.41, 5.74) is 3.02. The van der Waals surface area contributed by atoms with Gasteiger partial charge in [0, 0.05) is 37.6 Å². The predicted octanol–water partition coefficient (Wildman–Crippen LogP) is 2.91. The van der Waals surface area contributed by atoms with Crippen LogP contribution in [0.1, 0.15) is 35.9 Å². The summed E-state index contributed by atoms with van der Waals surface area (Å²) in [4.78, 5) is 18.5. The zero-order valence-electron chi connectivity index (χ0n) is 16.3. The fraction of sp³-hybridized carbons (Fsp3) is 0.400. The van der Waals surface area contributed by atoms with Crippen LogP contribution in [0.5, 0.6) is 0 Å². The van der Waals surface area contributed by atoms with Crippen LogP contribution in [0.3, 0.4) is 0 Å². The summed E-state index contributed by atoms with van der Waals surface area (Å²) in [6.07, 6.45) is 3.13. The minimum atomic E-state index is -0.262. The maximum atomic E-state index is 14.8. The number of rotatable bonds is 5. The Bertz CT molecular complexity index is 987. The number of aromatic nitrogens is 2. The number of carbonyl (C=O) groups is 1. The van der Waals surface area contributed by atoms with Crippen molar-refractivity contribution in [2.45, 2.75) is 32.8 Å². The lowest BCUT2D eigenvalue weighted by atomic mass is 9.96. The SMILES string of the molecule is CC(=O)NCC1CC(c2ccc(C3=CCN(c4nnc(C)s4)CC3)c(F)c2)=NO1. The number of hydrogen-bond acceptors (Lipinski definition) is 7. The van der Waals surface area contributed by atoms with Gasteiger partial charge < -0.3 is 15.1 Å². The first-order valence-corrected chi connectivity index (χ1v) is 10.3. The van der Waals surface area contributed by atoms with Crippen LogP contribution in [0.2, 0.25) is 0 Å². The average molecular weight is 415 g/mol. The van der Waals surface area contributed by atoms with Gasteiger partial charge in [-0.25, -0.2) is 4.39 Å². The number of nitrogens with one attached hydrogen (secondary N) is 1. The Hall–Kier alpha value is -2.81. The highest BCUT2D eigenvalue weighted by Crippen LogP contribution is 2.29. The first-order valence-electron chi connectivity index (χ1n) is 9.51. The van der Waals surface area contributed by atoms with Gasteiger partial charge in [0.25, 0.3) is 0 Å². The number of carbonyl (C=O) groups excluding carboxylic acids is 1. The molecule has 1 atom stereocenters. The summed E-state index contributed by atoms with van der Waals surface area (Å²) < 4.78 is 14.8. The van der Waals surface area contributed by atoms with E-state index in [1.807, 2.05) is 19.1 Å². The van der Waals surface area contributed by atoms with Crippen LogP contribution in [-0.4, -0.2) is 47.6 Å². The number of anilines is 1. The zero-order chi connectivity index (χ0) is 20.4. The highest BCUT2D eigenvalue weighted by atomic mass is 32.1. The first kappa shape index (κ1) is 19.5. The summed E-state index contributed by atoms with van der Waals surface area (Å²) in [5, 5.41) is 16.9. The molecule has 29 heavy (non-hydrogen) atoms. The van der Waals surface area contributed by atoms with Gasteiger partial charge in [0.1, 0.15) is 16.9 Å². The van der Waals surface area contributed by atoms with Crippen LogP contribution in [0.4, 0.5) is 9.52 Å². The molecule has 0 fully saturated rings. The number of amides is 1. The Morgan fingerprint density at radius 2 is 2.28 bits per heavy atom. The lowest BCUT2D eigenvalue weighted by Crippen LogP contribution is -2.30. The van der Waals surface area contributed by atoms with Crippen LogP contribution in [0.15, 0.2) is 29.4 Å². The van der Waals surface area contributed by atoms with E-state index in [1.165, 1.54) is 13.0 Å². The van der Waals surface area contributed by atoms with E-state index in [-0.39, 0.29) is 17.8 Å². The Kier molecular flexibility index (Phi) is 5.57. The highest BCUT2D eigenvalue weighted by molar-refractivity contribution is 7.15. The molecule has 0 spiro atoms. The van der Waals surface area contributed by atoms with E-state index >= 15 is 0 Å². The predicted molar refractivity (Wildman–Crippen MR) is 111 cm³/mol. The summed E-state index contributed by atoms with van der Waals surface area (Å²) >= 11 is 1.57. The van der Waals surface area contributed by atoms with Crippen LogP contribution >= 0.6 is 11.3 Å². The molecule has 1 aromatic heterocycles. The number of nitrogens with zero attached hydrogens (tertiary/aromatic N) is 4. The molecule has 0 aliphatic carbocycles. The second kappa shape index (κ2) is 8.28. The summed E-state index contributed by atoms with van der Waals surface area (Å²) in [6, 6.07) is 5.20. The summed E-state index contributed by atoms with van der Waals surface area (Å²) in [7, 11) is 0. The summed E-state index contributed by atoms with van der Waals surface area (Å²) in [5.74, 6) is -0.375. The van der Waals surface area contributed by atoms with Crippen molar-refractivity contribution in [1.29, 1.82) is 0 Å². The van der Waals surface area contributed by atoms with E-state index in [0.717, 1.165) is 28.7 Å². The molecule has 4 rings (SSSR count). The maximum Gasteiger partial charge on any atom is 0.217 e. The van der Waals surface area contributed by atoms with Crippen LogP contribution in [-0.2, 0) is 9.63 Å². The van der Waals surface area contributed by atoms with Gasteiger partial charge in [-0.15, -0.1) is 10.2 Å². The average Bonchev–Trinajstić information content (AvgIpc) is 3.36. The van der Waals surface area contributed by atoms with Gasteiger partial charge in [-0.1, -0.05) is 34.7 Å². The third-order valence-corrected chi connectivity index (χ3v) is 5.85. The van der Waals surface area contributed by atoms with E-state index < -0.39 is 0 Å². The fourth-order valence-corrected chi connectivity index (χ4v) is 4.14. The quantitative estimate of drug-likeness (QED) is 0.812. The standard InChI is InChI=1S/C20H22FN5O2S/c1-12(27)22-11-16-10-19(25-28-16)15-3-4-17(18(21)9-15)14-5-7-26(8-6-14)20-24-23-13(2)29-20/h3-5,9,16H,6-8,10-11H2,1-2H3,(H,22,27). The molecule has 2 aliphatic heterocycles. The van der Waals surface area contributed by atoms with Gasteiger partial charge in [0.15, 0.2) is 0 Å². The van der Waals surface area contributed by atoms with Gasteiger partial charge in [-0.3, -0.25) is 4.79 Å². The normalized spacial score (nSPS) is 18.9. The van der Waals surface area contributed by atoms with Crippen LogP contribution < -0.4 is 10.2 Å². The molecule has 9 heteroatoms. The number of oxime groups is 1. The van der Waals surface area contributed by atoms with E-state index in [9.17, 15) is 9.18 Å². The van der Waals surface area contributed by atoms with Crippen molar-refractivity contribution in [3.63, 3.8) is 0 Å². The molecule has 3 heterocycles. The number of aryl methyl sites for hydroxylation is 1. The van der Waals surface area contributed by atoms with Gasteiger partial charge >= 0.3 is 0 Å². The van der Waals surface area contributed by atoms with Crippen molar-refractivity contribution in [1.82, 2.24) is 15.5 Å². The molecule has 0 radical (unpaired) electrons.